The number of nitrogens with zero attached hydrogens (tertiary/aromatic N) is 11. The fraction of sp³-hybridized carbons (Fsp3) is 0.299. The van der Waals surface area contributed by atoms with Crippen molar-refractivity contribution in [3.05, 3.63) is 259 Å². The molecule has 3 amide bonds. The molecule has 11 aromatic rings. The Bertz CT molecular complexity index is 5540. The molecule has 0 spiro atoms. The lowest BCUT2D eigenvalue weighted by Gasteiger charge is -2.39. The van der Waals surface area contributed by atoms with Crippen LogP contribution in [-0.2, 0) is 46.7 Å². The van der Waals surface area contributed by atoms with Crippen LogP contribution >= 0.6 is 56.6 Å². The Kier molecular flexibility index (Phi) is 23.5. The molecule has 3 saturated heterocycles. The number of halogens is 7. The summed E-state index contributed by atoms with van der Waals surface area (Å²) in [5.74, 6) is -5.95. The number of amides is 3. The molecule has 6 aliphatic heterocycles. The summed E-state index contributed by atoms with van der Waals surface area (Å²) in [5.41, 5.74) is 1.56. The third kappa shape index (κ3) is 16.0. The van der Waals surface area contributed by atoms with Gasteiger partial charge < -0.3 is 57.6 Å². The van der Waals surface area contributed by atoms with Gasteiger partial charge >= 0.3 is 0 Å². The molecule has 0 bridgehead atoms. The first kappa shape index (κ1) is 77.4. The van der Waals surface area contributed by atoms with Gasteiger partial charge in [-0.05, 0) is 64.3 Å². The summed E-state index contributed by atoms with van der Waals surface area (Å²) < 4.78 is 117. The highest BCUT2D eigenvalue weighted by Crippen LogP contribution is 2.40. The molecule has 3 unspecified atom stereocenters. The van der Waals surface area contributed by atoms with Gasteiger partial charge in [-0.25, -0.2) is 26.3 Å². The second-order valence-electron chi connectivity index (χ2n) is 26.2. The molecule has 574 valence electrons. The first-order valence-corrected chi connectivity index (χ1v) is 39.1. The lowest BCUT2D eigenvalue weighted by molar-refractivity contribution is 0.0563. The van der Waals surface area contributed by atoms with E-state index in [0.717, 1.165) is 69.4 Å². The topological polar surface area (TPSA) is 279 Å². The average Bonchev–Trinajstić information content (AvgIpc) is 1.73. The number of hydrogen-bond acceptors (Lipinski definition) is 21. The van der Waals surface area contributed by atoms with Crippen molar-refractivity contribution in [2.24, 2.45) is 0 Å². The number of ether oxygens (including phenoxy) is 5. The van der Waals surface area contributed by atoms with Gasteiger partial charge in [0.1, 0.15) is 63.1 Å². The van der Waals surface area contributed by atoms with E-state index in [2.05, 4.69) is 65.4 Å². The average molecular weight is 1690 g/mol. The van der Waals surface area contributed by atoms with Gasteiger partial charge in [-0.15, -0.1) is 30.6 Å². The van der Waals surface area contributed by atoms with E-state index in [0.29, 0.717) is 77.8 Å². The van der Waals surface area contributed by atoms with Crippen LogP contribution in [0.2, 0.25) is 0 Å². The van der Waals surface area contributed by atoms with Crippen molar-refractivity contribution >= 4 is 74.3 Å². The van der Waals surface area contributed by atoms with Crippen LogP contribution in [0.15, 0.2) is 148 Å². The van der Waals surface area contributed by atoms with Crippen LogP contribution in [-0.4, -0.2) is 152 Å². The highest BCUT2D eigenvalue weighted by atomic mass is 127. The minimum atomic E-state index is -0.728. The SMILES string of the molecule is CCI.CCN1C(=O)c2c(O)c(=O)c(-c3nnc(Cc4ccc(F)cc4F)s3)cn2C2COC[C@H]21.CCN1C(=O)c2c(OCc3ccccc3)c(=O)c(-c3nnc(Cc4ccc(F)cc4F)s3)cn2C2COC[C@H]21.O=C1N[C@@H]2COCC2n2cc(-c3nnc(Cc4ccc(F)cc4F)s3)c(=O)c(OCc3ccccc3)c21. The minimum absolute atomic E-state index is 0.0496. The van der Waals surface area contributed by atoms with Crippen LogP contribution < -0.4 is 31.1 Å². The van der Waals surface area contributed by atoms with Gasteiger partial charge in [0.2, 0.25) is 16.3 Å². The van der Waals surface area contributed by atoms with Gasteiger partial charge in [0.05, 0.1) is 92.6 Å². The number of fused-ring (bicyclic) bond motifs is 9. The summed E-state index contributed by atoms with van der Waals surface area (Å²) in [6.45, 7) is 9.16. The number of alkyl halides is 1. The molecular formula is C77H67F6IN12O12S3. The molecule has 34 heteroatoms. The zero-order chi connectivity index (χ0) is 77.9. The maximum Gasteiger partial charge on any atom is 0.274 e. The molecule has 0 saturated carbocycles. The number of benzene rings is 5. The van der Waals surface area contributed by atoms with E-state index in [1.54, 1.807) is 35.9 Å². The zero-order valence-electron chi connectivity index (χ0n) is 59.3. The van der Waals surface area contributed by atoms with Crippen LogP contribution in [0, 0.1) is 34.9 Å². The molecule has 2 N–H and O–H groups in total. The van der Waals surface area contributed by atoms with Crippen molar-refractivity contribution in [2.45, 2.75) is 89.5 Å². The van der Waals surface area contributed by atoms with Gasteiger partial charge in [-0.2, -0.15) is 0 Å². The second kappa shape index (κ2) is 33.7. The molecule has 6 aliphatic rings. The molecule has 0 radical (unpaired) electrons. The van der Waals surface area contributed by atoms with E-state index in [-0.39, 0.29) is 142 Å². The fourth-order valence-corrected chi connectivity index (χ4v) is 16.6. The minimum Gasteiger partial charge on any atom is -0.503 e. The van der Waals surface area contributed by atoms with Crippen LogP contribution in [0.25, 0.3) is 31.7 Å². The molecule has 3 fully saturated rings. The highest BCUT2D eigenvalue weighted by molar-refractivity contribution is 14.1. The van der Waals surface area contributed by atoms with Crippen molar-refractivity contribution in [3.8, 4) is 49.0 Å². The summed E-state index contributed by atoms with van der Waals surface area (Å²) in [7, 11) is 0. The Hall–Kier alpha value is -10.4. The summed E-state index contributed by atoms with van der Waals surface area (Å²) in [6.07, 6.45) is 5.00. The number of aromatic nitrogens is 9. The first-order chi connectivity index (χ1) is 53.7. The molecule has 6 aromatic heterocycles. The van der Waals surface area contributed by atoms with Crippen LogP contribution in [0.3, 0.4) is 0 Å². The van der Waals surface area contributed by atoms with E-state index in [1.165, 1.54) is 41.0 Å². The first-order valence-electron chi connectivity index (χ1n) is 35.1. The predicted octanol–water partition coefficient (Wildman–Crippen LogP) is 11.5. The summed E-state index contributed by atoms with van der Waals surface area (Å²) in [5, 5.41) is 40.5. The Morgan fingerprint density at radius 2 is 0.829 bits per heavy atom. The van der Waals surface area contributed by atoms with E-state index < -0.39 is 68.8 Å². The Labute approximate surface area is 654 Å². The summed E-state index contributed by atoms with van der Waals surface area (Å²) in [4.78, 5) is 83.3. The van der Waals surface area contributed by atoms with E-state index >= 15 is 0 Å². The molecule has 12 heterocycles. The molecule has 5 aromatic carbocycles. The molecular weight excluding hydrogens is 1620 g/mol. The second-order valence-corrected chi connectivity index (χ2v) is 30.9. The highest BCUT2D eigenvalue weighted by Gasteiger charge is 2.47. The normalized spacial score (nSPS) is 18.4. The standard InChI is InChI=1S/C28H24F2N4O4S.C26H20F2N4O4S.C21H18F2N4O4S.C2H5I/c1-2-33-21-14-37-15-22(21)34-12-19(27-32-31-23(39-27)10-17-8-9-18(29)11-20(17)30)25(35)26(24(34)28(33)36)38-13-16-6-4-3-5-7-16;27-16-7-6-15(18(28)9-16)8-21-30-31-26(37-21)17-10-32-20-13-35-12-19(20)29-25(34)22(32)24(23(17)33)36-11-14-4-2-1-3-5-14;1-2-26-14-8-31-9-15(14)27-7-12(18(28)19(29)17(27)21(26)30)20-25-24-16(32-20)5-10-3-4-11(22)6-13(10)23;1-2-3/h3-9,11-12,21-22H,2,10,13-15H2,1H3;1-7,9-10,19-20H,8,11-13H2,(H,29,34);3-4,6-7,14-15,29H,2,5,8-9H2,1H3;2H2,1H3/t21-,22?;19-,20?;14-,15?;/m111./s1. The fourth-order valence-electron chi connectivity index (χ4n) is 13.9. The number of hydrogen-bond donors (Lipinski definition) is 2. The van der Waals surface area contributed by atoms with Gasteiger partial charge in [-0.1, -0.05) is 142 Å². The summed E-state index contributed by atoms with van der Waals surface area (Å²) in [6, 6.07) is 27.4. The number of nitrogens with one attached hydrogen (secondary N) is 1. The van der Waals surface area contributed by atoms with Crippen LogP contribution in [0.1, 0.15) is 113 Å². The van der Waals surface area contributed by atoms with Gasteiger partial charge in [-0.3, -0.25) is 28.8 Å². The molecule has 17 rings (SSSR count). The van der Waals surface area contributed by atoms with Crippen molar-refractivity contribution in [1.82, 2.24) is 59.4 Å². The lowest BCUT2D eigenvalue weighted by atomic mass is 10.0. The quantitative estimate of drug-likeness (QED) is 0.0487. The van der Waals surface area contributed by atoms with Crippen LogP contribution in [0.4, 0.5) is 26.3 Å². The predicted molar refractivity (Wildman–Crippen MR) is 406 cm³/mol. The van der Waals surface area contributed by atoms with Gasteiger partial charge in [0.15, 0.2) is 49.4 Å². The smallest absolute Gasteiger partial charge is 0.274 e. The van der Waals surface area contributed by atoms with E-state index in [4.69, 9.17) is 23.7 Å². The molecule has 6 atom stereocenters. The monoisotopic (exact) mass is 1690 g/mol. The van der Waals surface area contributed by atoms with Crippen molar-refractivity contribution in [1.29, 1.82) is 0 Å². The number of likely N-dealkylation sites (N-methyl/N-ethyl adjacent to an activating group) is 2. The lowest BCUT2D eigenvalue weighted by Crippen LogP contribution is -2.51. The largest absolute Gasteiger partial charge is 0.503 e. The maximum atomic E-state index is 14.2. The van der Waals surface area contributed by atoms with Crippen LogP contribution in [0.5, 0.6) is 17.2 Å². The Balaban J connectivity index is 0.000000137. The van der Waals surface area contributed by atoms with Crippen molar-refractivity contribution in [3.63, 3.8) is 0 Å². The van der Waals surface area contributed by atoms with Crippen molar-refractivity contribution < 1.29 is 69.5 Å². The molecule has 24 nitrogen and oxygen atoms in total. The summed E-state index contributed by atoms with van der Waals surface area (Å²) >= 11 is 5.61. The third-order valence-corrected chi connectivity index (χ3v) is 22.2. The zero-order valence-corrected chi connectivity index (χ0v) is 63.9. The number of carbonyl (C=O) groups excluding carboxylic acids is 3. The van der Waals surface area contributed by atoms with Crippen molar-refractivity contribution in [2.75, 3.05) is 57.2 Å². The molecule has 111 heavy (non-hydrogen) atoms. The third-order valence-electron chi connectivity index (χ3n) is 19.3. The Morgan fingerprint density at radius 1 is 0.468 bits per heavy atom. The number of aromatic hydroxyl groups is 1. The van der Waals surface area contributed by atoms with Gasteiger partial charge in [0, 0.05) is 69.1 Å². The Morgan fingerprint density at radius 3 is 1.24 bits per heavy atom. The number of carbonyl (C=O) groups is 3. The van der Waals surface area contributed by atoms with E-state index in [9.17, 15) is 60.2 Å². The number of pyridine rings is 3. The van der Waals surface area contributed by atoms with E-state index in [1.807, 2.05) is 74.5 Å². The van der Waals surface area contributed by atoms with Gasteiger partial charge in [0.25, 0.3) is 17.7 Å². The maximum absolute atomic E-state index is 14.2. The molecule has 0 aliphatic carbocycles. The number of rotatable bonds is 17.